The maximum atomic E-state index is 2.46. The molecule has 0 N–H and O–H groups in total. The van der Waals surface area contributed by atoms with Crippen LogP contribution in [-0.2, 0) is 0 Å². The van der Waals surface area contributed by atoms with Crippen molar-refractivity contribution in [3.8, 4) is 33.4 Å². The smallest absolute Gasteiger partial charge is 0.0361 e. The third-order valence-corrected chi connectivity index (χ3v) is 11.8. The lowest BCUT2D eigenvalue weighted by atomic mass is 9.84. The van der Waals surface area contributed by atoms with E-state index in [0.717, 1.165) is 0 Å². The first-order valence-corrected chi connectivity index (χ1v) is 17.3. The molecule has 0 spiro atoms. The van der Waals surface area contributed by atoms with Gasteiger partial charge in [-0.3, -0.25) is 0 Å². The fourth-order valence-corrected chi connectivity index (χ4v) is 9.69. The highest BCUT2D eigenvalue weighted by Gasteiger charge is 2.19. The molecule has 0 radical (unpaired) electrons. The lowest BCUT2D eigenvalue weighted by Gasteiger charge is -2.19. The standard InChI is InChI=1S/C44H26S2/c1-2-11-27(12-3-1)42-32-14-4-5-15-33(32)43(29-22-24-40-36(26-29)31-13-6-8-18-38(31)45-40)37-25-28(21-23-34(37)42)30-17-10-20-41-44(30)35-16-7-9-19-39(35)46-41/h1-26H. The first-order chi connectivity index (χ1) is 22.8. The van der Waals surface area contributed by atoms with Crippen molar-refractivity contribution in [3.05, 3.63) is 158 Å². The van der Waals surface area contributed by atoms with Crippen molar-refractivity contribution in [1.29, 1.82) is 0 Å². The van der Waals surface area contributed by atoms with E-state index in [1.54, 1.807) is 0 Å². The van der Waals surface area contributed by atoms with Gasteiger partial charge in [0.15, 0.2) is 0 Å². The van der Waals surface area contributed by atoms with Gasteiger partial charge in [0.2, 0.25) is 0 Å². The molecule has 10 aromatic rings. The predicted octanol–water partition coefficient (Wildman–Crippen LogP) is 13.7. The van der Waals surface area contributed by atoms with Gasteiger partial charge in [-0.2, -0.15) is 0 Å². The normalized spacial score (nSPS) is 11.9. The monoisotopic (exact) mass is 618 g/mol. The first kappa shape index (κ1) is 26.0. The maximum Gasteiger partial charge on any atom is 0.0361 e. The van der Waals surface area contributed by atoms with Gasteiger partial charge in [-0.25, -0.2) is 0 Å². The molecule has 2 aromatic heterocycles. The van der Waals surface area contributed by atoms with Crippen molar-refractivity contribution in [3.63, 3.8) is 0 Å². The minimum atomic E-state index is 1.24. The SMILES string of the molecule is c1ccc(-c2c3ccccc3c(-c3ccc4sc5ccccc5c4c3)c3cc(-c4cccc5sc6ccccc6c45)ccc23)cc1. The van der Waals surface area contributed by atoms with E-state index in [1.165, 1.54) is 95.3 Å². The molecular weight excluding hydrogens is 593 g/mol. The van der Waals surface area contributed by atoms with Crippen LogP contribution in [0.5, 0.6) is 0 Å². The maximum absolute atomic E-state index is 2.46. The zero-order valence-corrected chi connectivity index (χ0v) is 26.5. The van der Waals surface area contributed by atoms with Gasteiger partial charge in [-0.15, -0.1) is 22.7 Å². The third-order valence-electron chi connectivity index (χ3n) is 9.47. The van der Waals surface area contributed by atoms with Gasteiger partial charge in [0, 0.05) is 40.3 Å². The summed E-state index contributed by atoms with van der Waals surface area (Å²) < 4.78 is 5.33. The van der Waals surface area contributed by atoms with Crippen molar-refractivity contribution < 1.29 is 0 Å². The molecule has 0 amide bonds. The highest BCUT2D eigenvalue weighted by atomic mass is 32.1. The van der Waals surface area contributed by atoms with E-state index in [4.69, 9.17) is 0 Å². The van der Waals surface area contributed by atoms with Gasteiger partial charge in [-0.05, 0) is 91.3 Å². The average Bonchev–Trinajstić information content (AvgIpc) is 3.69. The summed E-state index contributed by atoms with van der Waals surface area (Å²) in [4.78, 5) is 0. The zero-order valence-electron chi connectivity index (χ0n) is 24.8. The van der Waals surface area contributed by atoms with Crippen molar-refractivity contribution in [2.45, 2.75) is 0 Å². The minimum Gasteiger partial charge on any atom is -0.135 e. The lowest BCUT2D eigenvalue weighted by Crippen LogP contribution is -1.92. The van der Waals surface area contributed by atoms with Crippen LogP contribution < -0.4 is 0 Å². The Kier molecular flexibility index (Phi) is 5.72. The second-order valence-corrected chi connectivity index (χ2v) is 14.2. The highest BCUT2D eigenvalue weighted by molar-refractivity contribution is 7.26. The molecule has 2 heteroatoms. The second-order valence-electron chi connectivity index (χ2n) is 12.0. The molecule has 0 atom stereocenters. The van der Waals surface area contributed by atoms with Gasteiger partial charge < -0.3 is 0 Å². The molecule has 8 aromatic carbocycles. The quantitative estimate of drug-likeness (QED) is 0.173. The Morgan fingerprint density at radius 1 is 0.283 bits per heavy atom. The first-order valence-electron chi connectivity index (χ1n) is 15.7. The molecule has 0 aliphatic heterocycles. The van der Waals surface area contributed by atoms with Crippen LogP contribution in [0, 0.1) is 0 Å². The molecule has 0 aliphatic carbocycles. The van der Waals surface area contributed by atoms with E-state index in [1.807, 2.05) is 22.7 Å². The van der Waals surface area contributed by atoms with Crippen LogP contribution in [0.4, 0.5) is 0 Å². The summed E-state index contributed by atoms with van der Waals surface area (Å²) in [5, 5.41) is 10.5. The summed E-state index contributed by atoms with van der Waals surface area (Å²) >= 11 is 3.76. The number of hydrogen-bond donors (Lipinski definition) is 0. The van der Waals surface area contributed by atoms with E-state index >= 15 is 0 Å². The Labute approximate surface area is 274 Å². The predicted molar refractivity (Wildman–Crippen MR) is 204 cm³/mol. The zero-order chi connectivity index (χ0) is 30.2. The Morgan fingerprint density at radius 3 is 1.63 bits per heavy atom. The average molecular weight is 619 g/mol. The summed E-state index contributed by atoms with van der Waals surface area (Å²) in [7, 11) is 0. The van der Waals surface area contributed by atoms with Crippen LogP contribution in [0.1, 0.15) is 0 Å². The molecule has 0 nitrogen and oxygen atoms in total. The molecule has 46 heavy (non-hydrogen) atoms. The van der Waals surface area contributed by atoms with Crippen LogP contribution in [0.2, 0.25) is 0 Å². The molecule has 10 rings (SSSR count). The Morgan fingerprint density at radius 2 is 0.826 bits per heavy atom. The minimum absolute atomic E-state index is 1.24. The Hall–Kier alpha value is -5.28. The van der Waals surface area contributed by atoms with E-state index in [2.05, 4.69) is 158 Å². The van der Waals surface area contributed by atoms with E-state index < -0.39 is 0 Å². The van der Waals surface area contributed by atoms with Gasteiger partial charge in [0.1, 0.15) is 0 Å². The van der Waals surface area contributed by atoms with E-state index in [0.29, 0.717) is 0 Å². The molecule has 0 bridgehead atoms. The fourth-order valence-electron chi connectivity index (χ4n) is 7.47. The molecule has 0 saturated heterocycles. The van der Waals surface area contributed by atoms with Gasteiger partial charge in [-0.1, -0.05) is 121 Å². The number of rotatable bonds is 3. The van der Waals surface area contributed by atoms with Gasteiger partial charge in [0.05, 0.1) is 0 Å². The van der Waals surface area contributed by atoms with Gasteiger partial charge >= 0.3 is 0 Å². The number of fused-ring (bicyclic) bond motifs is 8. The van der Waals surface area contributed by atoms with Crippen molar-refractivity contribution in [1.82, 2.24) is 0 Å². The number of thiophene rings is 2. The molecule has 2 heterocycles. The summed E-state index contributed by atoms with van der Waals surface area (Å²) in [6.45, 7) is 0. The number of hydrogen-bond acceptors (Lipinski definition) is 2. The second kappa shape index (κ2) is 10.1. The summed E-state index contributed by atoms with van der Waals surface area (Å²) in [5.41, 5.74) is 7.63. The van der Waals surface area contributed by atoms with Crippen molar-refractivity contribution >= 4 is 84.6 Å². The van der Waals surface area contributed by atoms with Crippen LogP contribution in [0.3, 0.4) is 0 Å². The van der Waals surface area contributed by atoms with Crippen LogP contribution in [-0.4, -0.2) is 0 Å². The van der Waals surface area contributed by atoms with E-state index in [9.17, 15) is 0 Å². The molecule has 0 saturated carbocycles. The van der Waals surface area contributed by atoms with Crippen LogP contribution >= 0.6 is 22.7 Å². The van der Waals surface area contributed by atoms with Crippen LogP contribution in [0.15, 0.2) is 158 Å². The third kappa shape index (κ3) is 3.84. The summed E-state index contributed by atoms with van der Waals surface area (Å²) in [5.74, 6) is 0. The Balaban J connectivity index is 1.34. The topological polar surface area (TPSA) is 0 Å². The molecule has 0 aliphatic rings. The molecule has 0 unspecified atom stereocenters. The summed E-state index contributed by atoms with van der Waals surface area (Å²) in [6.07, 6.45) is 0. The van der Waals surface area contributed by atoms with Gasteiger partial charge in [0.25, 0.3) is 0 Å². The van der Waals surface area contributed by atoms with Crippen molar-refractivity contribution in [2.24, 2.45) is 0 Å². The largest absolute Gasteiger partial charge is 0.135 e. The summed E-state index contributed by atoms with van der Waals surface area (Å²) in [6, 6.07) is 58.5. The fraction of sp³-hybridized carbons (Fsp3) is 0. The Bertz CT molecular complexity index is 2800. The molecule has 214 valence electrons. The lowest BCUT2D eigenvalue weighted by molar-refractivity contribution is 1.66. The molecular formula is C44H26S2. The van der Waals surface area contributed by atoms with Crippen LogP contribution in [0.25, 0.3) is 95.3 Å². The highest BCUT2D eigenvalue weighted by Crippen LogP contribution is 2.47. The molecule has 0 fully saturated rings. The van der Waals surface area contributed by atoms with E-state index in [-0.39, 0.29) is 0 Å². The van der Waals surface area contributed by atoms with Crippen molar-refractivity contribution in [2.75, 3.05) is 0 Å². The number of benzene rings is 8.